The predicted octanol–water partition coefficient (Wildman–Crippen LogP) is 5.00. The molecule has 30 heavy (non-hydrogen) atoms. The summed E-state index contributed by atoms with van der Waals surface area (Å²) in [5.74, 6) is 0.229. The molecule has 156 valence electrons. The van der Waals surface area contributed by atoms with Gasteiger partial charge in [-0.3, -0.25) is 9.52 Å². The molecular formula is C24H26N2O3S. The summed E-state index contributed by atoms with van der Waals surface area (Å²) < 4.78 is 27.4. The number of hydrogen-bond donors (Lipinski definition) is 2. The highest BCUT2D eigenvalue weighted by atomic mass is 32.2. The highest BCUT2D eigenvalue weighted by molar-refractivity contribution is 7.92. The molecule has 0 aliphatic carbocycles. The first-order valence-corrected chi connectivity index (χ1v) is 11.4. The maximum atomic E-state index is 12.8. The van der Waals surface area contributed by atoms with Crippen LogP contribution < -0.4 is 10.0 Å². The van der Waals surface area contributed by atoms with Crippen molar-refractivity contribution < 1.29 is 13.2 Å². The number of anilines is 1. The van der Waals surface area contributed by atoms with Gasteiger partial charge in [0.1, 0.15) is 0 Å². The van der Waals surface area contributed by atoms with Gasteiger partial charge in [0, 0.05) is 11.3 Å². The Kier molecular flexibility index (Phi) is 6.90. The van der Waals surface area contributed by atoms with E-state index < -0.39 is 10.0 Å². The van der Waals surface area contributed by atoms with Crippen LogP contribution in [0, 0.1) is 5.92 Å². The van der Waals surface area contributed by atoms with Gasteiger partial charge in [0.05, 0.1) is 10.9 Å². The molecule has 3 aromatic rings. The molecule has 0 spiro atoms. The van der Waals surface area contributed by atoms with Crippen LogP contribution in [0.4, 0.5) is 5.69 Å². The largest absolute Gasteiger partial charge is 0.345 e. The molecule has 1 unspecified atom stereocenters. The lowest BCUT2D eigenvalue weighted by Gasteiger charge is -2.21. The minimum absolute atomic E-state index is 0.0880. The smallest absolute Gasteiger partial charge is 0.261 e. The van der Waals surface area contributed by atoms with Gasteiger partial charge < -0.3 is 5.32 Å². The molecule has 3 aromatic carbocycles. The number of hydrogen-bond acceptors (Lipinski definition) is 3. The Labute approximate surface area is 178 Å². The molecule has 0 heterocycles. The van der Waals surface area contributed by atoms with E-state index in [2.05, 4.69) is 23.9 Å². The van der Waals surface area contributed by atoms with Gasteiger partial charge in [0.25, 0.3) is 15.9 Å². The zero-order chi connectivity index (χ0) is 21.6. The number of sulfonamides is 1. The molecule has 2 N–H and O–H groups in total. The Morgan fingerprint density at radius 1 is 0.833 bits per heavy atom. The number of carbonyl (C=O) groups excluding carboxylic acids is 1. The van der Waals surface area contributed by atoms with Gasteiger partial charge in [-0.25, -0.2) is 8.42 Å². The maximum absolute atomic E-state index is 12.8. The molecule has 1 amide bonds. The zero-order valence-corrected chi connectivity index (χ0v) is 17.9. The van der Waals surface area contributed by atoms with Gasteiger partial charge in [-0.2, -0.15) is 0 Å². The lowest BCUT2D eigenvalue weighted by Crippen LogP contribution is -2.29. The molecule has 0 aliphatic heterocycles. The van der Waals surface area contributed by atoms with E-state index >= 15 is 0 Å². The topological polar surface area (TPSA) is 75.3 Å². The van der Waals surface area contributed by atoms with Crippen LogP contribution in [0.1, 0.15) is 42.2 Å². The third-order valence-electron chi connectivity index (χ3n) is 4.67. The Balaban J connectivity index is 1.71. The molecule has 3 rings (SSSR count). The number of nitrogens with one attached hydrogen (secondary N) is 2. The highest BCUT2D eigenvalue weighted by Gasteiger charge is 2.18. The van der Waals surface area contributed by atoms with Gasteiger partial charge in [-0.15, -0.1) is 0 Å². The zero-order valence-electron chi connectivity index (χ0n) is 17.1. The third-order valence-corrected chi connectivity index (χ3v) is 6.06. The minimum Gasteiger partial charge on any atom is -0.345 e. The van der Waals surface area contributed by atoms with Gasteiger partial charge in [0.2, 0.25) is 0 Å². The predicted molar refractivity (Wildman–Crippen MR) is 120 cm³/mol. The van der Waals surface area contributed by atoms with Crippen LogP contribution in [-0.2, 0) is 10.0 Å². The van der Waals surface area contributed by atoms with Crippen LogP contribution in [0.3, 0.4) is 0 Å². The van der Waals surface area contributed by atoms with Crippen LogP contribution in [-0.4, -0.2) is 14.3 Å². The van der Waals surface area contributed by atoms with Crippen LogP contribution in [0.15, 0.2) is 89.8 Å². The second kappa shape index (κ2) is 9.59. The average molecular weight is 423 g/mol. The second-order valence-corrected chi connectivity index (χ2v) is 9.24. The lowest BCUT2D eigenvalue weighted by atomic mass is 9.96. The first-order chi connectivity index (χ1) is 14.3. The summed E-state index contributed by atoms with van der Waals surface area (Å²) in [6.45, 7) is 4.24. The van der Waals surface area contributed by atoms with Crippen molar-refractivity contribution in [2.24, 2.45) is 5.92 Å². The van der Waals surface area contributed by atoms with Crippen molar-refractivity contribution in [2.45, 2.75) is 31.2 Å². The average Bonchev–Trinajstić information content (AvgIpc) is 2.74. The molecule has 6 heteroatoms. The maximum Gasteiger partial charge on any atom is 0.261 e. The Morgan fingerprint density at radius 3 is 1.97 bits per heavy atom. The van der Waals surface area contributed by atoms with Crippen LogP contribution >= 0.6 is 0 Å². The fraction of sp³-hybridized carbons (Fsp3) is 0.208. The summed E-state index contributed by atoms with van der Waals surface area (Å²) in [4.78, 5) is 13.0. The molecule has 0 aromatic heterocycles. The summed E-state index contributed by atoms with van der Waals surface area (Å²) in [6.07, 6.45) is 0.824. The van der Waals surface area contributed by atoms with E-state index in [1.54, 1.807) is 42.5 Å². The Morgan fingerprint density at radius 2 is 1.40 bits per heavy atom. The van der Waals surface area contributed by atoms with Crippen molar-refractivity contribution >= 4 is 21.6 Å². The molecule has 0 radical (unpaired) electrons. The first kappa shape index (κ1) is 21.6. The number of rotatable bonds is 8. The van der Waals surface area contributed by atoms with Crippen molar-refractivity contribution in [3.8, 4) is 0 Å². The van der Waals surface area contributed by atoms with Crippen LogP contribution in [0.25, 0.3) is 0 Å². The fourth-order valence-corrected chi connectivity index (χ4v) is 4.26. The van der Waals surface area contributed by atoms with Crippen molar-refractivity contribution in [2.75, 3.05) is 4.72 Å². The van der Waals surface area contributed by atoms with E-state index in [0.29, 0.717) is 17.2 Å². The van der Waals surface area contributed by atoms with Crippen molar-refractivity contribution in [1.82, 2.24) is 5.32 Å². The fourth-order valence-electron chi connectivity index (χ4n) is 3.18. The minimum atomic E-state index is -3.67. The van der Waals surface area contributed by atoms with E-state index in [4.69, 9.17) is 0 Å². The quantitative estimate of drug-likeness (QED) is 0.536. The second-order valence-electron chi connectivity index (χ2n) is 7.56. The van der Waals surface area contributed by atoms with Gasteiger partial charge in [-0.05, 0) is 54.3 Å². The normalized spacial score (nSPS) is 12.4. The molecule has 0 saturated heterocycles. The summed E-state index contributed by atoms with van der Waals surface area (Å²) >= 11 is 0. The summed E-state index contributed by atoms with van der Waals surface area (Å²) in [5, 5.41) is 3.10. The molecule has 0 aliphatic rings. The number of carbonyl (C=O) groups is 1. The highest BCUT2D eigenvalue weighted by Crippen LogP contribution is 2.22. The lowest BCUT2D eigenvalue weighted by molar-refractivity contribution is 0.0932. The molecule has 0 fully saturated rings. The molecule has 0 bridgehead atoms. The summed E-state index contributed by atoms with van der Waals surface area (Å²) in [6, 6.07) is 24.4. The monoisotopic (exact) mass is 422 g/mol. The van der Waals surface area contributed by atoms with E-state index in [-0.39, 0.29) is 16.8 Å². The summed E-state index contributed by atoms with van der Waals surface area (Å²) in [5.41, 5.74) is 1.94. The number of amides is 1. The SMILES string of the molecule is CC(C)CC(NC(=O)c1ccc(NS(=O)(=O)c2ccccc2)cc1)c1ccccc1. The van der Waals surface area contributed by atoms with Crippen LogP contribution in [0.5, 0.6) is 0 Å². The third kappa shape index (κ3) is 5.70. The van der Waals surface area contributed by atoms with E-state index in [0.717, 1.165) is 12.0 Å². The van der Waals surface area contributed by atoms with Crippen molar-refractivity contribution in [3.05, 3.63) is 96.1 Å². The molecule has 0 saturated carbocycles. The van der Waals surface area contributed by atoms with Crippen LogP contribution in [0.2, 0.25) is 0 Å². The van der Waals surface area contributed by atoms with Crippen molar-refractivity contribution in [1.29, 1.82) is 0 Å². The van der Waals surface area contributed by atoms with Gasteiger partial charge in [-0.1, -0.05) is 62.4 Å². The Bertz CT molecular complexity index is 1060. The molecular weight excluding hydrogens is 396 g/mol. The van der Waals surface area contributed by atoms with Gasteiger partial charge >= 0.3 is 0 Å². The standard InChI is InChI=1S/C24H26N2O3S/c1-18(2)17-23(19-9-5-3-6-10-19)25-24(27)20-13-15-21(16-14-20)26-30(28,29)22-11-7-4-8-12-22/h3-16,18,23,26H,17H2,1-2H3,(H,25,27). The van der Waals surface area contributed by atoms with Gasteiger partial charge in [0.15, 0.2) is 0 Å². The Hall–Kier alpha value is -3.12. The number of benzene rings is 3. The van der Waals surface area contributed by atoms with E-state index in [9.17, 15) is 13.2 Å². The first-order valence-electron chi connectivity index (χ1n) is 9.89. The molecule has 1 atom stereocenters. The molecule has 5 nitrogen and oxygen atoms in total. The van der Waals surface area contributed by atoms with E-state index in [1.807, 2.05) is 30.3 Å². The van der Waals surface area contributed by atoms with E-state index in [1.165, 1.54) is 12.1 Å². The van der Waals surface area contributed by atoms with Crippen molar-refractivity contribution in [3.63, 3.8) is 0 Å². The summed E-state index contributed by atoms with van der Waals surface area (Å²) in [7, 11) is -3.67.